The lowest BCUT2D eigenvalue weighted by Crippen LogP contribution is -2.57. The third-order valence-electron chi connectivity index (χ3n) is 3.46. The van der Waals surface area contributed by atoms with Gasteiger partial charge in [-0.15, -0.1) is 0 Å². The van der Waals surface area contributed by atoms with Crippen LogP contribution in [-0.2, 0) is 18.9 Å². The van der Waals surface area contributed by atoms with Crippen molar-refractivity contribution in [2.45, 2.75) is 70.8 Å². The number of aliphatic hydroxyl groups is 1. The van der Waals surface area contributed by atoms with Crippen LogP contribution in [0.5, 0.6) is 0 Å². The minimum atomic E-state index is -1.24. The molecule has 0 radical (unpaired) electrons. The molecule has 5 atom stereocenters. The van der Waals surface area contributed by atoms with E-state index in [0.29, 0.717) is 6.54 Å². The summed E-state index contributed by atoms with van der Waals surface area (Å²) in [4.78, 5) is 0. The third kappa shape index (κ3) is 3.26. The first kappa shape index (κ1) is 15.2. The summed E-state index contributed by atoms with van der Waals surface area (Å²) in [7, 11) is 0. The molecule has 2 saturated heterocycles. The molecule has 112 valence electrons. The van der Waals surface area contributed by atoms with E-state index in [1.165, 1.54) is 0 Å². The maximum absolute atomic E-state index is 9.85. The van der Waals surface area contributed by atoms with Crippen LogP contribution in [0.4, 0.5) is 0 Å². The van der Waals surface area contributed by atoms with Gasteiger partial charge in [-0.05, 0) is 27.7 Å². The van der Waals surface area contributed by atoms with E-state index in [1.54, 1.807) is 13.8 Å². The Morgan fingerprint density at radius 2 is 1.95 bits per heavy atom. The second-order valence-corrected chi connectivity index (χ2v) is 6.27. The molecule has 19 heavy (non-hydrogen) atoms. The second-order valence-electron chi connectivity index (χ2n) is 6.27. The first-order chi connectivity index (χ1) is 8.63. The molecule has 0 amide bonds. The van der Waals surface area contributed by atoms with Gasteiger partial charge in [-0.3, -0.25) is 0 Å². The van der Waals surface area contributed by atoms with Crippen molar-refractivity contribution in [3.8, 4) is 0 Å². The first-order valence-electron chi connectivity index (χ1n) is 6.74. The molecule has 0 bridgehead atoms. The molecule has 0 aromatic rings. The largest absolute Gasteiger partial charge is 0.366 e. The molecule has 6 heteroatoms. The van der Waals surface area contributed by atoms with Crippen molar-refractivity contribution in [1.29, 1.82) is 0 Å². The Morgan fingerprint density at radius 3 is 2.47 bits per heavy atom. The molecule has 2 aliphatic rings. The zero-order valence-corrected chi connectivity index (χ0v) is 12.3. The fraction of sp³-hybridized carbons (Fsp3) is 1.00. The minimum absolute atomic E-state index is 0.0144. The maximum atomic E-state index is 9.85. The van der Waals surface area contributed by atoms with E-state index >= 15 is 0 Å². The molecule has 0 saturated carbocycles. The number of rotatable bonds is 3. The number of nitrogens with two attached hydrogens (primary N) is 1. The Bertz CT molecular complexity index is 327. The highest BCUT2D eigenvalue weighted by atomic mass is 16.8. The molecule has 3 N–H and O–H groups in total. The summed E-state index contributed by atoms with van der Waals surface area (Å²) >= 11 is 0. The van der Waals surface area contributed by atoms with Crippen molar-refractivity contribution >= 4 is 0 Å². The van der Waals surface area contributed by atoms with Crippen LogP contribution in [-0.4, -0.2) is 47.8 Å². The van der Waals surface area contributed by atoms with E-state index in [-0.39, 0.29) is 24.2 Å². The van der Waals surface area contributed by atoms with Crippen LogP contribution in [0.2, 0.25) is 0 Å². The van der Waals surface area contributed by atoms with Crippen molar-refractivity contribution in [2.75, 3.05) is 6.54 Å². The average Bonchev–Trinajstić information content (AvgIpc) is 2.55. The Morgan fingerprint density at radius 1 is 1.32 bits per heavy atom. The van der Waals surface area contributed by atoms with E-state index in [2.05, 4.69) is 0 Å². The summed E-state index contributed by atoms with van der Waals surface area (Å²) in [6.07, 6.45) is -1.30. The molecule has 2 fully saturated rings. The van der Waals surface area contributed by atoms with E-state index in [4.69, 9.17) is 24.7 Å². The number of hydrogen-bond acceptors (Lipinski definition) is 6. The highest BCUT2D eigenvalue weighted by Crippen LogP contribution is 2.40. The third-order valence-corrected chi connectivity index (χ3v) is 3.46. The van der Waals surface area contributed by atoms with Crippen molar-refractivity contribution < 1.29 is 24.1 Å². The Balaban J connectivity index is 2.16. The SMILES string of the molecule is C[C@H]1[C@@H](OC(C)(C)O)[C@@H](CN)O[C@@H]2OC(C)(C)O[C@@H]21. The first-order valence-corrected chi connectivity index (χ1v) is 6.74. The maximum Gasteiger partial charge on any atom is 0.187 e. The second kappa shape index (κ2) is 4.95. The number of fused-ring (bicyclic) bond motifs is 1. The molecule has 2 heterocycles. The van der Waals surface area contributed by atoms with Crippen molar-refractivity contribution in [1.82, 2.24) is 0 Å². The van der Waals surface area contributed by atoms with Crippen LogP contribution < -0.4 is 5.73 Å². The summed E-state index contributed by atoms with van der Waals surface area (Å²) in [5.41, 5.74) is 5.74. The smallest absolute Gasteiger partial charge is 0.187 e. The molecule has 0 unspecified atom stereocenters. The molecule has 0 aromatic carbocycles. The normalized spacial score (nSPS) is 42.2. The van der Waals surface area contributed by atoms with Gasteiger partial charge in [0.15, 0.2) is 17.9 Å². The Hall–Kier alpha value is -0.240. The quantitative estimate of drug-likeness (QED) is 0.733. The lowest BCUT2D eigenvalue weighted by molar-refractivity contribution is -0.292. The highest BCUT2D eigenvalue weighted by Gasteiger charge is 2.53. The van der Waals surface area contributed by atoms with Crippen LogP contribution in [0.3, 0.4) is 0 Å². The monoisotopic (exact) mass is 275 g/mol. The zero-order chi connectivity index (χ0) is 14.4. The highest BCUT2D eigenvalue weighted by molar-refractivity contribution is 4.93. The average molecular weight is 275 g/mol. The van der Waals surface area contributed by atoms with Gasteiger partial charge in [0.2, 0.25) is 0 Å². The fourth-order valence-corrected chi connectivity index (χ4v) is 2.70. The summed E-state index contributed by atoms with van der Waals surface area (Å²) in [5.74, 6) is -1.90. The van der Waals surface area contributed by atoms with Gasteiger partial charge in [0.25, 0.3) is 0 Å². The van der Waals surface area contributed by atoms with Crippen LogP contribution in [0, 0.1) is 5.92 Å². The zero-order valence-electron chi connectivity index (χ0n) is 12.3. The minimum Gasteiger partial charge on any atom is -0.366 e. The summed E-state index contributed by atoms with van der Waals surface area (Å²) in [5, 5.41) is 9.85. The lowest BCUT2D eigenvalue weighted by Gasteiger charge is -2.43. The lowest BCUT2D eigenvalue weighted by atomic mass is 9.90. The van der Waals surface area contributed by atoms with Gasteiger partial charge in [-0.2, -0.15) is 0 Å². The van der Waals surface area contributed by atoms with Gasteiger partial charge in [0, 0.05) is 12.5 Å². The molecular weight excluding hydrogens is 250 g/mol. The molecule has 6 nitrogen and oxygen atoms in total. The van der Waals surface area contributed by atoms with Crippen LogP contribution >= 0.6 is 0 Å². The van der Waals surface area contributed by atoms with Gasteiger partial charge in [-0.1, -0.05) is 6.92 Å². The standard InChI is InChI=1S/C13H25NO5/c1-7-9(17-12(2,3)15)8(6-14)16-11-10(7)18-13(4,5)19-11/h7-11,15H,6,14H2,1-5H3/t7-,8+,9+,10+,11+/m0/s1. The number of hydrogen-bond donors (Lipinski definition) is 2. The molecule has 0 aliphatic carbocycles. The topological polar surface area (TPSA) is 83.2 Å². The van der Waals surface area contributed by atoms with Crippen LogP contribution in [0.25, 0.3) is 0 Å². The summed E-state index contributed by atoms with van der Waals surface area (Å²) in [6, 6.07) is 0. The van der Waals surface area contributed by atoms with Crippen molar-refractivity contribution in [3.63, 3.8) is 0 Å². The molecule has 2 aliphatic heterocycles. The van der Waals surface area contributed by atoms with E-state index in [0.717, 1.165) is 0 Å². The molecular formula is C13H25NO5. The molecule has 2 rings (SSSR count). The van der Waals surface area contributed by atoms with Crippen molar-refractivity contribution in [3.05, 3.63) is 0 Å². The number of ether oxygens (including phenoxy) is 4. The molecule has 0 aromatic heterocycles. The van der Waals surface area contributed by atoms with E-state index in [9.17, 15) is 5.11 Å². The van der Waals surface area contributed by atoms with Gasteiger partial charge in [0.1, 0.15) is 6.10 Å². The van der Waals surface area contributed by atoms with Gasteiger partial charge in [-0.25, -0.2) is 0 Å². The van der Waals surface area contributed by atoms with E-state index < -0.39 is 17.9 Å². The van der Waals surface area contributed by atoms with Crippen molar-refractivity contribution in [2.24, 2.45) is 11.7 Å². The predicted octanol–water partition coefficient (Wildman–Crippen LogP) is 0.571. The summed E-state index contributed by atoms with van der Waals surface area (Å²) < 4.78 is 23.1. The summed E-state index contributed by atoms with van der Waals surface area (Å²) in [6.45, 7) is 9.20. The fourth-order valence-electron chi connectivity index (χ4n) is 2.70. The van der Waals surface area contributed by atoms with Gasteiger partial charge < -0.3 is 29.8 Å². The molecule has 0 spiro atoms. The predicted molar refractivity (Wildman–Crippen MR) is 68.1 cm³/mol. The van der Waals surface area contributed by atoms with Crippen LogP contribution in [0.15, 0.2) is 0 Å². The van der Waals surface area contributed by atoms with Gasteiger partial charge in [0.05, 0.1) is 12.2 Å². The van der Waals surface area contributed by atoms with Gasteiger partial charge >= 0.3 is 0 Å². The Labute approximate surface area is 114 Å². The van der Waals surface area contributed by atoms with E-state index in [1.807, 2.05) is 20.8 Å². The Kier molecular flexibility index (Phi) is 3.94. The van der Waals surface area contributed by atoms with Crippen LogP contribution in [0.1, 0.15) is 34.6 Å².